The Morgan fingerprint density at radius 3 is 2.59 bits per heavy atom. The van der Waals surface area contributed by atoms with Gasteiger partial charge in [-0.3, -0.25) is 9.69 Å². The number of H-pyrrole nitrogens is 1. The van der Waals surface area contributed by atoms with Gasteiger partial charge in [0.05, 0.1) is 18.9 Å². The Morgan fingerprint density at radius 2 is 1.82 bits per heavy atom. The van der Waals surface area contributed by atoms with Crippen LogP contribution in [0.4, 0.5) is 17.2 Å². The maximum absolute atomic E-state index is 12.7. The number of nitrogens with one attached hydrogen (secondary N) is 2. The lowest BCUT2D eigenvalue weighted by Gasteiger charge is -2.33. The molecule has 2 fully saturated rings. The quantitative estimate of drug-likeness (QED) is 0.270. The number of pyridine rings is 2. The van der Waals surface area contributed by atoms with E-state index in [1.54, 1.807) is 6.07 Å². The monoisotopic (exact) mass is 592 g/mol. The average molecular weight is 593 g/mol. The summed E-state index contributed by atoms with van der Waals surface area (Å²) in [7, 11) is 4.03. The predicted molar refractivity (Wildman–Crippen MR) is 175 cm³/mol. The molecule has 0 unspecified atom stereocenters. The number of rotatable bonds is 7. The second-order valence-corrected chi connectivity index (χ2v) is 12.2. The highest BCUT2D eigenvalue weighted by molar-refractivity contribution is 5.74. The van der Waals surface area contributed by atoms with Gasteiger partial charge in [-0.2, -0.15) is 0 Å². The number of anilines is 3. The van der Waals surface area contributed by atoms with Crippen LogP contribution in [0.15, 0.2) is 71.7 Å². The van der Waals surface area contributed by atoms with Gasteiger partial charge in [0.2, 0.25) is 5.56 Å². The summed E-state index contributed by atoms with van der Waals surface area (Å²) in [6.07, 6.45) is 4.98. The molecule has 4 aromatic rings. The highest BCUT2D eigenvalue weighted by atomic mass is 16.5. The summed E-state index contributed by atoms with van der Waals surface area (Å²) in [6.45, 7) is 5.96. The smallest absolute Gasteiger partial charge is 0.250 e. The van der Waals surface area contributed by atoms with Crippen molar-refractivity contribution >= 4 is 17.2 Å². The molecule has 0 spiro atoms. The van der Waals surface area contributed by atoms with Crippen LogP contribution in [0.5, 0.6) is 11.5 Å². The lowest BCUT2D eigenvalue weighted by Crippen LogP contribution is -2.38. The molecule has 2 aromatic carbocycles. The molecule has 0 radical (unpaired) electrons. The number of aromatic amines is 1. The standard InChI is InChI=1S/C35H40N6O3/c1-39(2)33-9-6-24(22-36-33)23-40-12-10-27(11-13-40)37-28-7-8-32-26(19-28)18-25-4-3-5-30(35(25)44-32)31-20-29(21-34(42)38-31)41-14-16-43-17-15-41/h3-9,19-22,27,37H,10-18,23H2,1-2H3,(H,38,42). The molecule has 0 saturated carbocycles. The maximum Gasteiger partial charge on any atom is 0.250 e. The van der Waals surface area contributed by atoms with Crippen LogP contribution in [0.3, 0.4) is 0 Å². The number of benzene rings is 2. The van der Waals surface area contributed by atoms with Crippen molar-refractivity contribution in [2.45, 2.75) is 31.8 Å². The summed E-state index contributed by atoms with van der Waals surface area (Å²) >= 11 is 0. The zero-order valence-corrected chi connectivity index (χ0v) is 25.5. The second-order valence-electron chi connectivity index (χ2n) is 12.2. The lowest BCUT2D eigenvalue weighted by atomic mass is 9.95. The minimum atomic E-state index is -0.116. The van der Waals surface area contributed by atoms with Gasteiger partial charge >= 0.3 is 0 Å². The van der Waals surface area contributed by atoms with Crippen molar-refractivity contribution in [3.05, 3.63) is 93.9 Å². The molecule has 0 bridgehead atoms. The molecule has 0 amide bonds. The Kier molecular flexibility index (Phi) is 7.97. The number of fused-ring (bicyclic) bond motifs is 2. The minimum Gasteiger partial charge on any atom is -0.456 e. The van der Waals surface area contributed by atoms with Gasteiger partial charge in [0.15, 0.2) is 0 Å². The summed E-state index contributed by atoms with van der Waals surface area (Å²) < 4.78 is 12.0. The zero-order chi connectivity index (χ0) is 30.0. The van der Waals surface area contributed by atoms with Gasteiger partial charge in [0, 0.05) is 94.0 Å². The molecule has 2 N–H and O–H groups in total. The Hall–Kier alpha value is -4.34. The van der Waals surface area contributed by atoms with E-state index in [0.717, 1.165) is 97.5 Å². The van der Waals surface area contributed by atoms with Crippen LogP contribution in [0.25, 0.3) is 11.3 Å². The van der Waals surface area contributed by atoms with Crippen molar-refractivity contribution in [2.75, 3.05) is 68.6 Å². The summed E-state index contributed by atoms with van der Waals surface area (Å²) in [5.74, 6) is 2.67. The molecule has 228 valence electrons. The number of likely N-dealkylation sites (tertiary alicyclic amines) is 1. The fourth-order valence-electron chi connectivity index (χ4n) is 6.46. The molecule has 3 aliphatic rings. The molecule has 5 heterocycles. The van der Waals surface area contributed by atoms with E-state index in [1.807, 2.05) is 37.3 Å². The molecule has 2 aromatic heterocycles. The van der Waals surface area contributed by atoms with Gasteiger partial charge in [-0.05, 0) is 60.4 Å². The maximum atomic E-state index is 12.7. The Balaban J connectivity index is 1.01. The molecule has 7 rings (SSSR count). The van der Waals surface area contributed by atoms with Gasteiger partial charge < -0.3 is 29.6 Å². The van der Waals surface area contributed by atoms with E-state index < -0.39 is 0 Å². The van der Waals surface area contributed by atoms with Gasteiger partial charge in [-0.1, -0.05) is 18.2 Å². The normalized spacial score (nSPS) is 17.0. The van der Waals surface area contributed by atoms with Crippen LogP contribution >= 0.6 is 0 Å². The molecule has 0 atom stereocenters. The topological polar surface area (TPSA) is 86.0 Å². The molecule has 2 saturated heterocycles. The molecule has 3 aliphatic heterocycles. The largest absolute Gasteiger partial charge is 0.456 e. The first-order chi connectivity index (χ1) is 21.5. The van der Waals surface area contributed by atoms with Crippen LogP contribution in [-0.2, 0) is 17.7 Å². The second kappa shape index (κ2) is 12.3. The van der Waals surface area contributed by atoms with Crippen molar-refractivity contribution in [3.63, 3.8) is 0 Å². The molecule has 9 nitrogen and oxygen atoms in total. The summed E-state index contributed by atoms with van der Waals surface area (Å²) in [4.78, 5) is 27.0. The van der Waals surface area contributed by atoms with Crippen LogP contribution in [0.2, 0.25) is 0 Å². The predicted octanol–water partition coefficient (Wildman–Crippen LogP) is 5.11. The third-order valence-electron chi connectivity index (χ3n) is 8.88. The van der Waals surface area contributed by atoms with Gasteiger partial charge in [-0.25, -0.2) is 4.98 Å². The first kappa shape index (κ1) is 28.4. The first-order valence-corrected chi connectivity index (χ1v) is 15.6. The van der Waals surface area contributed by atoms with E-state index in [1.165, 1.54) is 11.1 Å². The summed E-state index contributed by atoms with van der Waals surface area (Å²) in [5.41, 5.74) is 7.15. The van der Waals surface area contributed by atoms with Crippen LogP contribution < -0.4 is 25.4 Å². The first-order valence-electron chi connectivity index (χ1n) is 15.6. The Morgan fingerprint density at radius 1 is 0.977 bits per heavy atom. The van der Waals surface area contributed by atoms with Crippen molar-refractivity contribution in [3.8, 4) is 22.8 Å². The van der Waals surface area contributed by atoms with Crippen molar-refractivity contribution in [2.24, 2.45) is 0 Å². The summed E-state index contributed by atoms with van der Waals surface area (Å²) in [6, 6.07) is 21.1. The number of nitrogens with zero attached hydrogens (tertiary/aromatic N) is 4. The van der Waals surface area contributed by atoms with E-state index in [9.17, 15) is 4.79 Å². The lowest BCUT2D eigenvalue weighted by molar-refractivity contribution is 0.122. The molecule has 9 heteroatoms. The number of para-hydroxylation sites is 1. The van der Waals surface area contributed by atoms with Crippen LogP contribution in [-0.4, -0.2) is 74.4 Å². The zero-order valence-electron chi connectivity index (χ0n) is 25.5. The van der Waals surface area contributed by atoms with Crippen molar-refractivity contribution in [1.29, 1.82) is 0 Å². The molecular formula is C35H40N6O3. The highest BCUT2D eigenvalue weighted by Crippen LogP contribution is 2.43. The Labute approximate surface area is 258 Å². The van der Waals surface area contributed by atoms with E-state index in [0.29, 0.717) is 19.3 Å². The highest BCUT2D eigenvalue weighted by Gasteiger charge is 2.24. The number of hydrogen-bond acceptors (Lipinski definition) is 8. The Bertz CT molecular complexity index is 1670. The summed E-state index contributed by atoms with van der Waals surface area (Å²) in [5, 5.41) is 3.79. The van der Waals surface area contributed by atoms with Gasteiger partial charge in [0.25, 0.3) is 0 Å². The van der Waals surface area contributed by atoms with Crippen molar-refractivity contribution in [1.82, 2.24) is 14.9 Å². The number of hydrogen-bond donors (Lipinski definition) is 2. The third-order valence-corrected chi connectivity index (χ3v) is 8.88. The minimum absolute atomic E-state index is 0.116. The number of aromatic nitrogens is 2. The van der Waals surface area contributed by atoms with E-state index in [-0.39, 0.29) is 5.56 Å². The number of piperidine rings is 1. The average Bonchev–Trinajstić information content (AvgIpc) is 3.05. The molecule has 44 heavy (non-hydrogen) atoms. The van der Waals surface area contributed by atoms with E-state index >= 15 is 0 Å². The van der Waals surface area contributed by atoms with E-state index in [2.05, 4.69) is 67.5 Å². The van der Waals surface area contributed by atoms with E-state index in [4.69, 9.17) is 9.47 Å². The molecule has 0 aliphatic carbocycles. The fraction of sp³-hybridized carbons (Fsp3) is 0.371. The SMILES string of the molecule is CN(C)c1ccc(CN2CCC(Nc3ccc4c(c3)Cc3cccc(-c5cc(N6CCOCC6)cc(=O)[nH]5)c3O4)CC2)cn1. The third kappa shape index (κ3) is 6.16. The van der Waals surface area contributed by atoms with Gasteiger partial charge in [0.1, 0.15) is 17.3 Å². The number of ether oxygens (including phenoxy) is 2. The molecular weight excluding hydrogens is 552 g/mol. The fourth-order valence-corrected chi connectivity index (χ4v) is 6.46. The van der Waals surface area contributed by atoms with Crippen LogP contribution in [0, 0.1) is 0 Å². The van der Waals surface area contributed by atoms with Gasteiger partial charge in [-0.15, -0.1) is 0 Å². The van der Waals surface area contributed by atoms with Crippen molar-refractivity contribution < 1.29 is 9.47 Å². The number of morpholine rings is 1. The van der Waals surface area contributed by atoms with Crippen LogP contribution in [0.1, 0.15) is 29.5 Å².